The van der Waals surface area contributed by atoms with E-state index < -0.39 is 0 Å². The highest BCUT2D eigenvalue weighted by Gasteiger charge is 1.93. The van der Waals surface area contributed by atoms with E-state index in [0.717, 1.165) is 24.1 Å². The molecule has 0 spiro atoms. The molecular weight excluding hydrogens is 158 g/mol. The lowest BCUT2D eigenvalue weighted by Gasteiger charge is -2.01. The Hall–Kier alpha value is -1.42. The van der Waals surface area contributed by atoms with E-state index in [4.69, 9.17) is 0 Å². The first-order chi connectivity index (χ1) is 6.38. The summed E-state index contributed by atoms with van der Waals surface area (Å²) in [5.41, 5.74) is 2.18. The van der Waals surface area contributed by atoms with E-state index in [0.29, 0.717) is 0 Å². The van der Waals surface area contributed by atoms with Crippen molar-refractivity contribution < 1.29 is 0 Å². The van der Waals surface area contributed by atoms with Crippen LogP contribution >= 0.6 is 0 Å². The van der Waals surface area contributed by atoms with Crippen LogP contribution in [0.5, 0.6) is 0 Å². The van der Waals surface area contributed by atoms with E-state index >= 15 is 0 Å². The van der Waals surface area contributed by atoms with Crippen molar-refractivity contribution in [3.8, 4) is 11.8 Å². The molecule has 68 valence electrons. The molecule has 0 amide bonds. The van der Waals surface area contributed by atoms with Gasteiger partial charge in [-0.1, -0.05) is 30.9 Å². The lowest BCUT2D eigenvalue weighted by Crippen LogP contribution is -1.90. The Labute approximate surface area is 80.2 Å². The molecular formula is C12H15N. The smallest absolute Gasteiger partial charge is 0.0496 e. The van der Waals surface area contributed by atoms with Gasteiger partial charge >= 0.3 is 0 Å². The van der Waals surface area contributed by atoms with Gasteiger partial charge in [0.05, 0.1) is 0 Å². The second kappa shape index (κ2) is 5.27. The number of benzene rings is 1. The zero-order valence-corrected chi connectivity index (χ0v) is 8.22. The molecule has 1 heteroatoms. The van der Waals surface area contributed by atoms with Gasteiger partial charge in [-0.25, -0.2) is 0 Å². The monoisotopic (exact) mass is 173 g/mol. The second-order valence-electron chi connectivity index (χ2n) is 2.85. The predicted octanol–water partition coefficient (Wildman–Crippen LogP) is 2.88. The summed E-state index contributed by atoms with van der Waals surface area (Å²) in [5, 5.41) is 3.12. The standard InChI is InChI=1S/C12H15N/c1-3-4-5-8-11-9-6-7-10-12(11)13-2/h6-7,9-10,13H,3-4H2,1-2H3. The molecule has 0 unspecified atom stereocenters. The van der Waals surface area contributed by atoms with Crippen LogP contribution in [0.3, 0.4) is 0 Å². The van der Waals surface area contributed by atoms with Gasteiger partial charge in [-0.05, 0) is 18.6 Å². The first-order valence-electron chi connectivity index (χ1n) is 4.64. The first-order valence-corrected chi connectivity index (χ1v) is 4.64. The fourth-order valence-corrected chi connectivity index (χ4v) is 1.09. The van der Waals surface area contributed by atoms with Gasteiger partial charge in [0.1, 0.15) is 0 Å². The predicted molar refractivity (Wildman–Crippen MR) is 57.8 cm³/mol. The number of nitrogens with one attached hydrogen (secondary N) is 1. The van der Waals surface area contributed by atoms with E-state index in [-0.39, 0.29) is 0 Å². The molecule has 0 aromatic heterocycles. The van der Waals surface area contributed by atoms with Crippen LogP contribution in [-0.2, 0) is 0 Å². The highest BCUT2D eigenvalue weighted by atomic mass is 14.8. The van der Waals surface area contributed by atoms with Gasteiger partial charge < -0.3 is 5.32 Å². The van der Waals surface area contributed by atoms with Crippen molar-refractivity contribution in [2.75, 3.05) is 12.4 Å². The molecule has 1 N–H and O–H groups in total. The summed E-state index contributed by atoms with van der Waals surface area (Å²) < 4.78 is 0. The first kappa shape index (κ1) is 9.67. The van der Waals surface area contributed by atoms with Crippen LogP contribution in [-0.4, -0.2) is 7.05 Å². The minimum atomic E-state index is 0.970. The number of para-hydroxylation sites is 1. The Balaban J connectivity index is 2.82. The van der Waals surface area contributed by atoms with Crippen molar-refractivity contribution in [2.24, 2.45) is 0 Å². The molecule has 0 saturated carbocycles. The zero-order valence-electron chi connectivity index (χ0n) is 8.22. The van der Waals surface area contributed by atoms with E-state index in [1.807, 2.05) is 31.3 Å². The number of unbranched alkanes of at least 4 members (excludes halogenated alkanes) is 1. The normalized spacial score (nSPS) is 8.77. The van der Waals surface area contributed by atoms with Crippen molar-refractivity contribution >= 4 is 5.69 Å². The lowest BCUT2D eigenvalue weighted by molar-refractivity contribution is 0.983. The minimum absolute atomic E-state index is 0.970. The van der Waals surface area contributed by atoms with Gasteiger partial charge in [0.15, 0.2) is 0 Å². The Kier molecular flexibility index (Phi) is 3.92. The van der Waals surface area contributed by atoms with Crippen LogP contribution in [0.1, 0.15) is 25.3 Å². The second-order valence-corrected chi connectivity index (χ2v) is 2.85. The molecule has 0 fully saturated rings. The number of rotatable bonds is 2. The molecule has 0 aliphatic heterocycles. The van der Waals surface area contributed by atoms with Crippen LogP contribution in [0.4, 0.5) is 5.69 Å². The molecule has 1 aromatic carbocycles. The topological polar surface area (TPSA) is 12.0 Å². The van der Waals surface area contributed by atoms with Gasteiger partial charge in [0.2, 0.25) is 0 Å². The van der Waals surface area contributed by atoms with E-state index in [9.17, 15) is 0 Å². The number of anilines is 1. The van der Waals surface area contributed by atoms with Gasteiger partial charge in [-0.3, -0.25) is 0 Å². The van der Waals surface area contributed by atoms with Gasteiger partial charge in [0, 0.05) is 24.7 Å². The molecule has 0 saturated heterocycles. The molecule has 1 nitrogen and oxygen atoms in total. The zero-order chi connectivity index (χ0) is 9.52. The Morgan fingerprint density at radius 1 is 1.31 bits per heavy atom. The average Bonchev–Trinajstić information content (AvgIpc) is 2.19. The summed E-state index contributed by atoms with van der Waals surface area (Å²) in [6.07, 6.45) is 2.09. The number of hydrogen-bond donors (Lipinski definition) is 1. The summed E-state index contributed by atoms with van der Waals surface area (Å²) in [7, 11) is 1.92. The third-order valence-corrected chi connectivity index (χ3v) is 1.79. The van der Waals surface area contributed by atoms with E-state index in [2.05, 4.69) is 24.1 Å². The van der Waals surface area contributed by atoms with Crippen LogP contribution in [0.15, 0.2) is 24.3 Å². The maximum atomic E-state index is 3.15. The van der Waals surface area contributed by atoms with Crippen molar-refractivity contribution in [2.45, 2.75) is 19.8 Å². The molecule has 0 radical (unpaired) electrons. The Morgan fingerprint density at radius 2 is 2.08 bits per heavy atom. The fourth-order valence-electron chi connectivity index (χ4n) is 1.09. The molecule has 0 aliphatic carbocycles. The van der Waals surface area contributed by atoms with Crippen molar-refractivity contribution in [1.29, 1.82) is 0 Å². The molecule has 0 heterocycles. The molecule has 13 heavy (non-hydrogen) atoms. The lowest BCUT2D eigenvalue weighted by atomic mass is 10.2. The maximum absolute atomic E-state index is 3.15. The van der Waals surface area contributed by atoms with Crippen molar-refractivity contribution in [3.63, 3.8) is 0 Å². The van der Waals surface area contributed by atoms with E-state index in [1.165, 1.54) is 0 Å². The third-order valence-electron chi connectivity index (χ3n) is 1.79. The summed E-state index contributed by atoms with van der Waals surface area (Å²) in [6, 6.07) is 8.10. The molecule has 1 aromatic rings. The largest absolute Gasteiger partial charge is 0.387 e. The SMILES string of the molecule is CCCC#Cc1ccccc1NC. The summed E-state index contributed by atoms with van der Waals surface area (Å²) in [4.78, 5) is 0. The van der Waals surface area contributed by atoms with Crippen LogP contribution in [0, 0.1) is 11.8 Å². The maximum Gasteiger partial charge on any atom is 0.0496 e. The third kappa shape index (κ3) is 2.83. The fraction of sp³-hybridized carbons (Fsp3) is 0.333. The van der Waals surface area contributed by atoms with Crippen LogP contribution in [0.2, 0.25) is 0 Å². The Bertz CT molecular complexity index is 317. The van der Waals surface area contributed by atoms with E-state index in [1.54, 1.807) is 0 Å². The summed E-state index contributed by atoms with van der Waals surface area (Å²) in [5.74, 6) is 6.29. The quantitative estimate of drug-likeness (QED) is 0.678. The minimum Gasteiger partial charge on any atom is -0.387 e. The van der Waals surface area contributed by atoms with Crippen molar-refractivity contribution in [1.82, 2.24) is 0 Å². The van der Waals surface area contributed by atoms with Crippen molar-refractivity contribution in [3.05, 3.63) is 29.8 Å². The summed E-state index contributed by atoms with van der Waals surface area (Å²) in [6.45, 7) is 2.14. The molecule has 0 aliphatic rings. The number of hydrogen-bond acceptors (Lipinski definition) is 1. The van der Waals surface area contributed by atoms with Crippen LogP contribution < -0.4 is 5.32 Å². The average molecular weight is 173 g/mol. The van der Waals surface area contributed by atoms with Gasteiger partial charge in [-0.15, -0.1) is 0 Å². The highest BCUT2D eigenvalue weighted by molar-refractivity contribution is 5.58. The molecule has 1 rings (SSSR count). The highest BCUT2D eigenvalue weighted by Crippen LogP contribution is 2.12. The van der Waals surface area contributed by atoms with Gasteiger partial charge in [-0.2, -0.15) is 0 Å². The Morgan fingerprint density at radius 3 is 2.77 bits per heavy atom. The van der Waals surface area contributed by atoms with Crippen LogP contribution in [0.25, 0.3) is 0 Å². The summed E-state index contributed by atoms with van der Waals surface area (Å²) >= 11 is 0. The molecule has 0 bridgehead atoms. The van der Waals surface area contributed by atoms with Gasteiger partial charge in [0.25, 0.3) is 0 Å². The molecule has 0 atom stereocenters.